The number of methoxy groups -OCH3 is 1. The highest BCUT2D eigenvalue weighted by molar-refractivity contribution is 7.11. The van der Waals surface area contributed by atoms with Gasteiger partial charge in [0.1, 0.15) is 0 Å². The van der Waals surface area contributed by atoms with Gasteiger partial charge in [0, 0.05) is 41.4 Å². The molecule has 0 amide bonds. The number of thiazole rings is 1. The highest BCUT2D eigenvalue weighted by Crippen LogP contribution is 2.32. The Hall–Kier alpha value is -1.50. The number of hydrogen-bond donors (Lipinski definition) is 1. The average Bonchev–Trinajstić information content (AvgIpc) is 3.13. The zero-order valence-electron chi connectivity index (χ0n) is 14.0. The summed E-state index contributed by atoms with van der Waals surface area (Å²) >= 11 is 1.76. The van der Waals surface area contributed by atoms with E-state index in [4.69, 9.17) is 9.47 Å². The first-order valence-electron chi connectivity index (χ1n) is 7.90. The largest absolute Gasteiger partial charge is 0.481 e. The van der Waals surface area contributed by atoms with Crippen LogP contribution in [0.15, 0.2) is 18.3 Å². The lowest BCUT2D eigenvalue weighted by Crippen LogP contribution is -2.33. The molecule has 0 saturated carbocycles. The van der Waals surface area contributed by atoms with Gasteiger partial charge in [-0.1, -0.05) is 0 Å². The maximum absolute atomic E-state index is 5.94. The van der Waals surface area contributed by atoms with Crippen LogP contribution in [0.5, 0.6) is 5.88 Å². The van der Waals surface area contributed by atoms with E-state index in [2.05, 4.69) is 36.1 Å². The second kappa shape index (κ2) is 6.95. The average molecular weight is 333 g/mol. The fourth-order valence-electron chi connectivity index (χ4n) is 3.12. The molecule has 5 nitrogen and oxygen atoms in total. The zero-order valence-corrected chi connectivity index (χ0v) is 14.8. The Morgan fingerprint density at radius 1 is 1.39 bits per heavy atom. The van der Waals surface area contributed by atoms with Crippen LogP contribution in [0.25, 0.3) is 0 Å². The van der Waals surface area contributed by atoms with Crippen molar-refractivity contribution in [2.45, 2.75) is 45.4 Å². The van der Waals surface area contributed by atoms with E-state index in [-0.39, 0.29) is 18.2 Å². The van der Waals surface area contributed by atoms with E-state index in [1.54, 1.807) is 18.4 Å². The lowest BCUT2D eigenvalue weighted by atomic mass is 10.0. The summed E-state index contributed by atoms with van der Waals surface area (Å²) in [5, 5.41) is 4.83. The molecule has 0 aliphatic carbocycles. The van der Waals surface area contributed by atoms with Crippen LogP contribution in [-0.2, 0) is 4.74 Å². The van der Waals surface area contributed by atoms with Crippen molar-refractivity contribution in [1.29, 1.82) is 0 Å². The summed E-state index contributed by atoms with van der Waals surface area (Å²) in [6.45, 7) is 7.09. The Morgan fingerprint density at radius 3 is 2.83 bits per heavy atom. The first-order chi connectivity index (χ1) is 11.1. The molecular formula is C17H23N3O2S. The molecule has 1 aliphatic heterocycles. The molecule has 1 N–H and O–H groups in total. The van der Waals surface area contributed by atoms with Gasteiger partial charge in [-0.15, -0.1) is 11.3 Å². The number of hydrogen-bond acceptors (Lipinski definition) is 6. The van der Waals surface area contributed by atoms with Gasteiger partial charge in [-0.2, -0.15) is 0 Å². The van der Waals surface area contributed by atoms with Crippen molar-refractivity contribution in [3.05, 3.63) is 39.5 Å². The van der Waals surface area contributed by atoms with E-state index in [0.29, 0.717) is 5.88 Å². The van der Waals surface area contributed by atoms with Crippen molar-refractivity contribution in [1.82, 2.24) is 15.3 Å². The zero-order chi connectivity index (χ0) is 16.4. The third kappa shape index (κ3) is 3.54. The smallest absolute Gasteiger partial charge is 0.212 e. The fourth-order valence-corrected chi connectivity index (χ4v) is 4.05. The molecule has 1 fully saturated rings. The summed E-state index contributed by atoms with van der Waals surface area (Å²) in [5.74, 6) is 0.625. The van der Waals surface area contributed by atoms with Gasteiger partial charge in [0.15, 0.2) is 0 Å². The molecule has 1 aliphatic rings. The van der Waals surface area contributed by atoms with Gasteiger partial charge in [-0.05, 0) is 33.3 Å². The quantitative estimate of drug-likeness (QED) is 0.909. The standard InChI is InChI=1S/C17H23N3O2S/c1-10-17(23-12(3)19-10)11(2)20-14-7-8-22-16(14)13-5-6-15(21-4)18-9-13/h5-6,9,11,14,16,20H,7-8H2,1-4H3/t11?,14-,16+/m0/s1. The summed E-state index contributed by atoms with van der Waals surface area (Å²) < 4.78 is 11.1. The molecular weight excluding hydrogens is 310 g/mol. The van der Waals surface area contributed by atoms with Gasteiger partial charge in [0.2, 0.25) is 5.88 Å². The molecule has 124 valence electrons. The number of aryl methyl sites for hydroxylation is 2. The van der Waals surface area contributed by atoms with Crippen LogP contribution < -0.4 is 10.1 Å². The van der Waals surface area contributed by atoms with E-state index in [1.165, 1.54) is 4.88 Å². The Balaban J connectivity index is 1.72. The second-order valence-electron chi connectivity index (χ2n) is 5.89. The molecule has 1 unspecified atom stereocenters. The third-order valence-corrected chi connectivity index (χ3v) is 5.44. The van der Waals surface area contributed by atoms with Gasteiger partial charge in [-0.25, -0.2) is 9.97 Å². The van der Waals surface area contributed by atoms with Crippen LogP contribution in [-0.4, -0.2) is 29.7 Å². The molecule has 0 aromatic carbocycles. The number of nitrogens with zero attached hydrogens (tertiary/aromatic N) is 2. The van der Waals surface area contributed by atoms with Crippen LogP contribution in [0.3, 0.4) is 0 Å². The van der Waals surface area contributed by atoms with E-state index >= 15 is 0 Å². The summed E-state index contributed by atoms with van der Waals surface area (Å²) in [4.78, 5) is 10.1. The maximum atomic E-state index is 5.94. The highest BCUT2D eigenvalue weighted by Gasteiger charge is 2.31. The predicted octanol–water partition coefficient (Wildman–Crippen LogP) is 3.34. The predicted molar refractivity (Wildman–Crippen MR) is 91.0 cm³/mol. The Kier molecular flexibility index (Phi) is 4.94. The van der Waals surface area contributed by atoms with Crippen molar-refractivity contribution < 1.29 is 9.47 Å². The molecule has 3 heterocycles. The molecule has 0 spiro atoms. The minimum Gasteiger partial charge on any atom is -0.481 e. The van der Waals surface area contributed by atoms with E-state index in [0.717, 1.165) is 29.3 Å². The van der Waals surface area contributed by atoms with Crippen molar-refractivity contribution in [2.75, 3.05) is 13.7 Å². The summed E-state index contributed by atoms with van der Waals surface area (Å²) in [5.41, 5.74) is 2.21. The number of pyridine rings is 1. The fraction of sp³-hybridized carbons (Fsp3) is 0.529. The lowest BCUT2D eigenvalue weighted by Gasteiger charge is -2.24. The molecule has 23 heavy (non-hydrogen) atoms. The first-order valence-corrected chi connectivity index (χ1v) is 8.71. The molecule has 3 atom stereocenters. The number of rotatable bonds is 5. The summed E-state index contributed by atoms with van der Waals surface area (Å²) in [7, 11) is 1.62. The van der Waals surface area contributed by atoms with Crippen LogP contribution in [0.2, 0.25) is 0 Å². The van der Waals surface area contributed by atoms with Crippen LogP contribution in [0.4, 0.5) is 0 Å². The van der Waals surface area contributed by atoms with E-state index in [1.807, 2.05) is 18.3 Å². The van der Waals surface area contributed by atoms with Crippen molar-refractivity contribution >= 4 is 11.3 Å². The van der Waals surface area contributed by atoms with Crippen molar-refractivity contribution in [3.63, 3.8) is 0 Å². The van der Waals surface area contributed by atoms with Gasteiger partial charge in [0.05, 0.1) is 23.9 Å². The molecule has 6 heteroatoms. The third-order valence-electron chi connectivity index (χ3n) is 4.19. The van der Waals surface area contributed by atoms with Crippen molar-refractivity contribution in [2.24, 2.45) is 0 Å². The number of ether oxygens (including phenoxy) is 2. The first kappa shape index (κ1) is 16.4. The van der Waals surface area contributed by atoms with Crippen LogP contribution in [0, 0.1) is 13.8 Å². The van der Waals surface area contributed by atoms with Crippen molar-refractivity contribution in [3.8, 4) is 5.88 Å². The Labute approximate surface area is 141 Å². The molecule has 2 aromatic rings. The Bertz CT molecular complexity index is 656. The number of nitrogens with one attached hydrogen (secondary N) is 1. The van der Waals surface area contributed by atoms with Gasteiger partial charge in [0.25, 0.3) is 0 Å². The summed E-state index contributed by atoms with van der Waals surface area (Å²) in [6, 6.07) is 4.46. The molecule has 0 radical (unpaired) electrons. The molecule has 2 aromatic heterocycles. The summed E-state index contributed by atoms with van der Waals surface area (Å²) in [6.07, 6.45) is 2.87. The van der Waals surface area contributed by atoms with Gasteiger partial charge >= 0.3 is 0 Å². The van der Waals surface area contributed by atoms with Crippen LogP contribution in [0.1, 0.15) is 46.6 Å². The minimum atomic E-state index is 0.0326. The van der Waals surface area contributed by atoms with E-state index in [9.17, 15) is 0 Å². The normalized spacial score (nSPS) is 22.3. The van der Waals surface area contributed by atoms with Gasteiger partial charge in [-0.3, -0.25) is 0 Å². The number of aromatic nitrogens is 2. The topological polar surface area (TPSA) is 56.3 Å². The Morgan fingerprint density at radius 2 is 2.22 bits per heavy atom. The lowest BCUT2D eigenvalue weighted by molar-refractivity contribution is 0.0965. The second-order valence-corrected chi connectivity index (χ2v) is 7.13. The SMILES string of the molecule is COc1ccc([C@H]2OCC[C@@H]2NC(C)c2sc(C)nc2C)cn1. The van der Waals surface area contributed by atoms with Gasteiger partial charge < -0.3 is 14.8 Å². The maximum Gasteiger partial charge on any atom is 0.212 e. The molecule has 1 saturated heterocycles. The minimum absolute atomic E-state index is 0.0326. The molecule has 0 bridgehead atoms. The van der Waals surface area contributed by atoms with Crippen LogP contribution >= 0.6 is 11.3 Å². The molecule has 3 rings (SSSR count). The van der Waals surface area contributed by atoms with E-state index < -0.39 is 0 Å². The highest BCUT2D eigenvalue weighted by atomic mass is 32.1. The monoisotopic (exact) mass is 333 g/mol.